The molecule has 7 heteroatoms. The Labute approximate surface area is 61.8 Å². The van der Waals surface area contributed by atoms with E-state index in [1.165, 1.54) is 0 Å². The highest BCUT2D eigenvalue weighted by Gasteiger charge is 2.11. The molecule has 1 aliphatic rings. The Bertz CT molecular complexity index is 191. The molecular formula is C3H5ClN5O-. The van der Waals surface area contributed by atoms with Crippen LogP contribution in [0.4, 0.5) is 0 Å². The molecule has 0 fully saturated rings. The van der Waals surface area contributed by atoms with Crippen molar-refractivity contribution in [2.24, 2.45) is 5.84 Å². The molecule has 0 saturated heterocycles. The number of hydroxylamine groups is 1. The monoisotopic (exact) mass is 162 g/mol. The lowest BCUT2D eigenvalue weighted by molar-refractivity contribution is 0.0401. The fourth-order valence-electron chi connectivity index (χ4n) is 0.478. The van der Waals surface area contributed by atoms with E-state index in [4.69, 9.17) is 22.9 Å². The molecule has 10 heavy (non-hydrogen) atoms. The van der Waals surface area contributed by atoms with Crippen LogP contribution in [0.15, 0.2) is 11.2 Å². The SMILES string of the molecule is N=C1C=C(Cl)NN(N)N1[O-]. The maximum Gasteiger partial charge on any atom is 0.130 e. The zero-order valence-electron chi connectivity index (χ0n) is 4.84. The van der Waals surface area contributed by atoms with E-state index in [-0.39, 0.29) is 16.2 Å². The van der Waals surface area contributed by atoms with Crippen molar-refractivity contribution in [1.29, 1.82) is 5.41 Å². The molecule has 1 aliphatic heterocycles. The van der Waals surface area contributed by atoms with Crippen LogP contribution in [0.5, 0.6) is 0 Å². The summed E-state index contributed by atoms with van der Waals surface area (Å²) in [7, 11) is 0. The number of hydrazine groups is 3. The summed E-state index contributed by atoms with van der Waals surface area (Å²) in [6, 6.07) is 0. The van der Waals surface area contributed by atoms with Gasteiger partial charge in [-0.3, -0.25) is 10.8 Å². The van der Waals surface area contributed by atoms with E-state index in [2.05, 4.69) is 5.43 Å². The Balaban J connectivity index is 2.79. The van der Waals surface area contributed by atoms with Gasteiger partial charge in [-0.15, -0.1) is 0 Å². The summed E-state index contributed by atoms with van der Waals surface area (Å²) in [6.45, 7) is 0. The average molecular weight is 163 g/mol. The summed E-state index contributed by atoms with van der Waals surface area (Å²) in [6.07, 6.45) is 1.15. The average Bonchev–Trinajstić information content (AvgIpc) is 1.82. The molecular weight excluding hydrogens is 158 g/mol. The van der Waals surface area contributed by atoms with Gasteiger partial charge >= 0.3 is 0 Å². The summed E-state index contributed by atoms with van der Waals surface area (Å²) in [5, 5.41) is 18.4. The predicted molar refractivity (Wildman–Crippen MR) is 36.0 cm³/mol. The highest BCUT2D eigenvalue weighted by Crippen LogP contribution is 2.05. The third-order valence-corrected chi connectivity index (χ3v) is 1.08. The van der Waals surface area contributed by atoms with Gasteiger partial charge in [-0.2, -0.15) is 0 Å². The van der Waals surface area contributed by atoms with Crippen molar-refractivity contribution in [3.63, 3.8) is 0 Å². The molecule has 0 radical (unpaired) electrons. The largest absolute Gasteiger partial charge is 0.740 e. The number of hydrogen-bond acceptors (Lipinski definition) is 5. The third-order valence-electron chi connectivity index (χ3n) is 0.887. The lowest BCUT2D eigenvalue weighted by atomic mass is 10.5. The smallest absolute Gasteiger partial charge is 0.130 e. The molecule has 0 aromatic heterocycles. The quantitative estimate of drug-likeness (QED) is 0.329. The fourth-order valence-corrected chi connectivity index (χ4v) is 0.668. The number of amidine groups is 1. The van der Waals surface area contributed by atoms with Crippen molar-refractivity contribution in [3.05, 3.63) is 16.4 Å². The molecule has 0 aliphatic carbocycles. The molecule has 6 nitrogen and oxygen atoms in total. The first-order chi connectivity index (χ1) is 4.61. The van der Waals surface area contributed by atoms with E-state index in [1.807, 2.05) is 0 Å². The Morgan fingerprint density at radius 2 is 2.40 bits per heavy atom. The summed E-state index contributed by atoms with van der Waals surface area (Å²) in [4.78, 5) is 0. The molecule has 0 bridgehead atoms. The lowest BCUT2D eigenvalue weighted by Gasteiger charge is -2.39. The highest BCUT2D eigenvalue weighted by atomic mass is 35.5. The Morgan fingerprint density at radius 1 is 1.80 bits per heavy atom. The van der Waals surface area contributed by atoms with Crippen LogP contribution in [0.2, 0.25) is 0 Å². The first kappa shape index (κ1) is 7.29. The van der Waals surface area contributed by atoms with Crippen molar-refractivity contribution in [3.8, 4) is 0 Å². The number of nitrogens with zero attached hydrogens (tertiary/aromatic N) is 2. The van der Waals surface area contributed by atoms with Gasteiger partial charge in [0.25, 0.3) is 0 Å². The molecule has 0 aromatic carbocycles. The highest BCUT2D eigenvalue weighted by molar-refractivity contribution is 6.30. The van der Waals surface area contributed by atoms with Gasteiger partial charge in [0.1, 0.15) is 11.0 Å². The second-order valence-electron chi connectivity index (χ2n) is 1.61. The summed E-state index contributed by atoms with van der Waals surface area (Å²) >= 11 is 5.39. The lowest BCUT2D eigenvalue weighted by Crippen LogP contribution is -2.56. The van der Waals surface area contributed by atoms with Crippen LogP contribution in [0.1, 0.15) is 0 Å². The van der Waals surface area contributed by atoms with E-state index >= 15 is 0 Å². The van der Waals surface area contributed by atoms with Gasteiger partial charge in [-0.05, 0) is 0 Å². The summed E-state index contributed by atoms with van der Waals surface area (Å²) in [5.74, 6) is 4.71. The van der Waals surface area contributed by atoms with Crippen LogP contribution < -0.4 is 11.3 Å². The zero-order chi connectivity index (χ0) is 7.72. The number of nitrogens with two attached hydrogens (primary N) is 1. The van der Waals surface area contributed by atoms with E-state index in [1.54, 1.807) is 0 Å². The van der Waals surface area contributed by atoms with Crippen LogP contribution in [-0.4, -0.2) is 16.2 Å². The maximum absolute atomic E-state index is 10.6. The van der Waals surface area contributed by atoms with Crippen molar-refractivity contribution >= 4 is 17.4 Å². The Morgan fingerprint density at radius 3 is 2.90 bits per heavy atom. The topological polar surface area (TPSA) is 91.4 Å². The van der Waals surface area contributed by atoms with Gasteiger partial charge in [0.15, 0.2) is 0 Å². The maximum atomic E-state index is 10.6. The number of hydrogen-bond donors (Lipinski definition) is 3. The normalized spacial score (nSPS) is 20.5. The number of halogens is 1. The number of rotatable bonds is 0. The molecule has 1 heterocycles. The molecule has 0 aromatic rings. The van der Waals surface area contributed by atoms with E-state index in [9.17, 15) is 5.21 Å². The van der Waals surface area contributed by atoms with Crippen molar-refractivity contribution in [1.82, 2.24) is 15.8 Å². The van der Waals surface area contributed by atoms with Crippen LogP contribution in [0.3, 0.4) is 0 Å². The van der Waals surface area contributed by atoms with Gasteiger partial charge in [0.05, 0.1) is 0 Å². The van der Waals surface area contributed by atoms with E-state index in [0.29, 0.717) is 5.23 Å². The van der Waals surface area contributed by atoms with Gasteiger partial charge in [-0.1, -0.05) is 16.8 Å². The Kier molecular flexibility index (Phi) is 1.77. The third kappa shape index (κ3) is 1.19. The number of nitrogens with one attached hydrogen (secondary N) is 2. The van der Waals surface area contributed by atoms with Gasteiger partial charge < -0.3 is 10.4 Å². The second kappa shape index (κ2) is 2.43. The van der Waals surface area contributed by atoms with Crippen LogP contribution in [0, 0.1) is 10.6 Å². The first-order valence-corrected chi connectivity index (χ1v) is 2.73. The minimum Gasteiger partial charge on any atom is -0.740 e. The van der Waals surface area contributed by atoms with Crippen LogP contribution in [-0.2, 0) is 0 Å². The van der Waals surface area contributed by atoms with Gasteiger partial charge in [-0.25, -0.2) is 5.84 Å². The standard InChI is InChI=1S/C3H5ClN5O/c4-2-1-3(5)8(10)9(6)7-2/h1,5,7H,6H2/q-1. The predicted octanol–water partition coefficient (Wildman–Crippen LogP) is -0.547. The molecule has 56 valence electrons. The summed E-state index contributed by atoms with van der Waals surface area (Å²) < 4.78 is 0. The first-order valence-electron chi connectivity index (χ1n) is 2.35. The molecule has 0 atom stereocenters. The summed E-state index contributed by atoms with van der Waals surface area (Å²) in [5.41, 5.74) is 2.27. The van der Waals surface area contributed by atoms with E-state index in [0.717, 1.165) is 6.08 Å². The minimum absolute atomic E-state index is 0.139. The van der Waals surface area contributed by atoms with Crippen molar-refractivity contribution in [2.45, 2.75) is 0 Å². The Hall–Kier alpha value is -0.820. The molecule has 0 amide bonds. The molecule has 1 rings (SSSR count). The minimum atomic E-state index is -0.314. The van der Waals surface area contributed by atoms with Crippen molar-refractivity contribution < 1.29 is 0 Å². The van der Waals surface area contributed by atoms with Crippen molar-refractivity contribution in [2.75, 3.05) is 0 Å². The zero-order valence-corrected chi connectivity index (χ0v) is 5.59. The second-order valence-corrected chi connectivity index (χ2v) is 2.01. The molecule has 0 spiro atoms. The van der Waals surface area contributed by atoms with E-state index < -0.39 is 0 Å². The molecule has 4 N–H and O–H groups in total. The van der Waals surface area contributed by atoms with Crippen LogP contribution in [0.25, 0.3) is 0 Å². The van der Waals surface area contributed by atoms with Crippen LogP contribution >= 0.6 is 11.6 Å². The molecule has 0 unspecified atom stereocenters. The van der Waals surface area contributed by atoms with Gasteiger partial charge in [0.2, 0.25) is 0 Å². The fraction of sp³-hybridized carbons (Fsp3) is 0. The van der Waals surface area contributed by atoms with Gasteiger partial charge in [0, 0.05) is 6.08 Å². The molecule has 0 saturated carbocycles.